The molecule has 0 unspecified atom stereocenters. The van der Waals surface area contributed by atoms with E-state index < -0.39 is 18.1 Å². The molecule has 1 saturated heterocycles. The van der Waals surface area contributed by atoms with Crippen molar-refractivity contribution in [2.75, 3.05) is 22.1 Å². The van der Waals surface area contributed by atoms with Gasteiger partial charge in [-0.05, 0) is 26.0 Å². The van der Waals surface area contributed by atoms with Crippen LogP contribution in [0.25, 0.3) is 5.52 Å². The van der Waals surface area contributed by atoms with Gasteiger partial charge >= 0.3 is 0 Å². The molecule has 1 amide bonds. The second-order valence-electron chi connectivity index (χ2n) is 8.10. The van der Waals surface area contributed by atoms with Gasteiger partial charge in [0, 0.05) is 37.3 Å². The Morgan fingerprint density at radius 1 is 1.24 bits per heavy atom. The Kier molecular flexibility index (Phi) is 5.32. The molecule has 1 aliphatic rings. The van der Waals surface area contributed by atoms with E-state index in [0.29, 0.717) is 17.5 Å². The molecule has 12 heteroatoms. The average molecular weight is 450 g/mol. The third-order valence-electron chi connectivity index (χ3n) is 5.45. The van der Waals surface area contributed by atoms with Crippen LogP contribution in [0.2, 0.25) is 0 Å². The fourth-order valence-corrected chi connectivity index (χ4v) is 3.77. The van der Waals surface area contributed by atoms with Crippen molar-refractivity contribution in [1.29, 1.82) is 0 Å². The quantitative estimate of drug-likeness (QED) is 0.460. The highest BCUT2D eigenvalue weighted by Gasteiger charge is 2.39. The minimum absolute atomic E-state index is 0.00669. The van der Waals surface area contributed by atoms with Gasteiger partial charge in [-0.2, -0.15) is 4.98 Å². The van der Waals surface area contributed by atoms with Gasteiger partial charge in [-0.3, -0.25) is 9.78 Å². The van der Waals surface area contributed by atoms with E-state index in [9.17, 15) is 9.18 Å². The summed E-state index contributed by atoms with van der Waals surface area (Å²) in [4.78, 5) is 31.5. The van der Waals surface area contributed by atoms with Crippen LogP contribution in [0.4, 0.5) is 27.8 Å². The Labute approximate surface area is 188 Å². The fraction of sp³-hybridized carbons (Fsp3) is 0.333. The Morgan fingerprint density at radius 3 is 2.88 bits per heavy atom. The number of rotatable bonds is 6. The first-order valence-corrected chi connectivity index (χ1v) is 10.6. The fourth-order valence-electron chi connectivity index (χ4n) is 3.77. The predicted molar refractivity (Wildman–Crippen MR) is 120 cm³/mol. The summed E-state index contributed by atoms with van der Waals surface area (Å²) in [6.07, 6.45) is 8.66. The molecule has 5 rings (SSSR count). The summed E-state index contributed by atoms with van der Waals surface area (Å²) in [5.41, 5.74) is 0.731. The molecule has 0 bridgehead atoms. The van der Waals surface area contributed by atoms with Crippen molar-refractivity contribution in [3.63, 3.8) is 0 Å². The molecule has 1 aliphatic heterocycles. The monoisotopic (exact) mass is 450 g/mol. The molecule has 33 heavy (non-hydrogen) atoms. The molecule has 0 aliphatic carbocycles. The van der Waals surface area contributed by atoms with Gasteiger partial charge in [0.05, 0.1) is 19.1 Å². The van der Waals surface area contributed by atoms with Crippen LogP contribution in [0.1, 0.15) is 26.3 Å². The normalized spacial score (nSPS) is 18.2. The maximum atomic E-state index is 14.4. The van der Waals surface area contributed by atoms with Crippen LogP contribution in [-0.4, -0.2) is 58.8 Å². The number of carbonyl (C=O) groups excluding carboxylic acids is 1. The van der Waals surface area contributed by atoms with E-state index >= 15 is 0 Å². The predicted octanol–water partition coefficient (Wildman–Crippen LogP) is 2.60. The number of nitrogens with one attached hydrogen (secondary N) is 2. The van der Waals surface area contributed by atoms with Gasteiger partial charge in [0.1, 0.15) is 23.5 Å². The first-order valence-electron chi connectivity index (χ1n) is 10.6. The third kappa shape index (κ3) is 4.19. The Hall–Kier alpha value is -4.09. The number of fused-ring (bicyclic) bond motifs is 1. The lowest BCUT2D eigenvalue weighted by molar-refractivity contribution is -0.117. The van der Waals surface area contributed by atoms with Crippen LogP contribution in [0.3, 0.4) is 0 Å². The van der Waals surface area contributed by atoms with Crippen LogP contribution in [-0.2, 0) is 4.79 Å². The SMILES string of the molecule is CC(C)n1cnc(Nc2nc(N3C[C@H](F)C[C@H]3C(=O)Nc3cnccn3)nn3cccc23)c1. The van der Waals surface area contributed by atoms with Gasteiger partial charge in [-0.15, -0.1) is 5.10 Å². The molecule has 5 heterocycles. The van der Waals surface area contributed by atoms with Crippen molar-refractivity contribution in [2.24, 2.45) is 0 Å². The molecule has 4 aromatic heterocycles. The first kappa shape index (κ1) is 20.8. The van der Waals surface area contributed by atoms with Gasteiger partial charge in [-0.1, -0.05) is 0 Å². The summed E-state index contributed by atoms with van der Waals surface area (Å²) in [6.45, 7) is 4.13. The largest absolute Gasteiger partial charge is 0.333 e. The van der Waals surface area contributed by atoms with Gasteiger partial charge in [0.15, 0.2) is 11.6 Å². The molecule has 11 nitrogen and oxygen atoms in total. The van der Waals surface area contributed by atoms with Gasteiger partial charge in [0.25, 0.3) is 0 Å². The topological polar surface area (TPSA) is 118 Å². The summed E-state index contributed by atoms with van der Waals surface area (Å²) in [6, 6.07) is 3.18. The zero-order chi connectivity index (χ0) is 22.9. The summed E-state index contributed by atoms with van der Waals surface area (Å²) >= 11 is 0. The molecule has 4 aromatic rings. The van der Waals surface area contributed by atoms with E-state index in [1.165, 1.54) is 18.6 Å². The van der Waals surface area contributed by atoms with E-state index in [4.69, 9.17) is 0 Å². The number of nitrogens with zero attached hydrogens (tertiary/aromatic N) is 8. The zero-order valence-electron chi connectivity index (χ0n) is 18.1. The minimum Gasteiger partial charge on any atom is -0.333 e. The third-order valence-corrected chi connectivity index (χ3v) is 5.45. The number of imidazole rings is 1. The number of amides is 1. The molecule has 0 aromatic carbocycles. The van der Waals surface area contributed by atoms with Crippen LogP contribution in [0, 0.1) is 0 Å². The summed E-state index contributed by atoms with van der Waals surface area (Å²) in [5.74, 6) is 1.28. The van der Waals surface area contributed by atoms with E-state index in [0.717, 1.165) is 5.52 Å². The molecule has 2 N–H and O–H groups in total. The van der Waals surface area contributed by atoms with Crippen LogP contribution in [0.5, 0.6) is 0 Å². The lowest BCUT2D eigenvalue weighted by Crippen LogP contribution is -2.41. The summed E-state index contributed by atoms with van der Waals surface area (Å²) < 4.78 is 18.1. The molecular formula is C21H23FN10O. The maximum absolute atomic E-state index is 14.4. The molecule has 0 saturated carbocycles. The number of anilines is 4. The maximum Gasteiger partial charge on any atom is 0.248 e. The number of alkyl halides is 1. The minimum atomic E-state index is -1.19. The summed E-state index contributed by atoms with van der Waals surface area (Å²) in [5, 5.41) is 10.4. The average Bonchev–Trinajstić information content (AvgIpc) is 3.53. The van der Waals surface area contributed by atoms with Crippen molar-refractivity contribution in [2.45, 2.75) is 38.5 Å². The Bertz CT molecular complexity index is 1270. The Morgan fingerprint density at radius 2 is 2.12 bits per heavy atom. The second kappa shape index (κ2) is 8.45. The molecule has 1 fully saturated rings. The summed E-state index contributed by atoms with van der Waals surface area (Å²) in [7, 11) is 0. The van der Waals surface area contributed by atoms with Gasteiger partial charge in [0.2, 0.25) is 11.9 Å². The van der Waals surface area contributed by atoms with Crippen LogP contribution >= 0.6 is 0 Å². The van der Waals surface area contributed by atoms with Crippen molar-refractivity contribution < 1.29 is 9.18 Å². The number of aromatic nitrogens is 7. The van der Waals surface area contributed by atoms with E-state index in [1.807, 2.05) is 22.9 Å². The van der Waals surface area contributed by atoms with Crippen molar-refractivity contribution in [1.82, 2.24) is 34.1 Å². The van der Waals surface area contributed by atoms with E-state index in [2.05, 4.69) is 49.5 Å². The molecule has 2 atom stereocenters. The molecule has 0 spiro atoms. The van der Waals surface area contributed by atoms with E-state index in [-0.39, 0.29) is 25.0 Å². The standard InChI is InChI=1S/C21H23FN10O/c1-13(2)30-11-18(25-12-30)26-19-15-4-3-7-32(15)29-21(28-19)31-10-14(22)8-16(31)20(33)27-17-9-23-5-6-24-17/h3-7,9,11-14,16H,8,10H2,1-2H3,(H,24,27,33)(H,26,28,29)/t14-,16+/m1/s1. The molecular weight excluding hydrogens is 427 g/mol. The van der Waals surface area contributed by atoms with Crippen molar-refractivity contribution in [3.8, 4) is 0 Å². The van der Waals surface area contributed by atoms with Crippen LogP contribution < -0.4 is 15.5 Å². The number of halogens is 1. The highest BCUT2D eigenvalue weighted by atomic mass is 19.1. The molecule has 0 radical (unpaired) electrons. The zero-order valence-corrected chi connectivity index (χ0v) is 18.1. The Balaban J connectivity index is 1.45. The van der Waals surface area contributed by atoms with E-state index in [1.54, 1.807) is 21.9 Å². The van der Waals surface area contributed by atoms with Gasteiger partial charge < -0.3 is 20.1 Å². The lowest BCUT2D eigenvalue weighted by Gasteiger charge is -2.23. The number of hydrogen-bond donors (Lipinski definition) is 2. The highest BCUT2D eigenvalue weighted by Crippen LogP contribution is 2.28. The number of carbonyl (C=O) groups is 1. The smallest absolute Gasteiger partial charge is 0.248 e. The van der Waals surface area contributed by atoms with Gasteiger partial charge in [-0.25, -0.2) is 18.9 Å². The van der Waals surface area contributed by atoms with Crippen LogP contribution in [0.15, 0.2) is 49.4 Å². The molecule has 170 valence electrons. The second-order valence-corrected chi connectivity index (χ2v) is 8.10. The van der Waals surface area contributed by atoms with Crippen molar-refractivity contribution >= 4 is 34.8 Å². The lowest BCUT2D eigenvalue weighted by atomic mass is 10.2. The number of hydrogen-bond acceptors (Lipinski definition) is 8. The van der Waals surface area contributed by atoms with Crippen molar-refractivity contribution in [3.05, 3.63) is 49.4 Å². The highest BCUT2D eigenvalue weighted by molar-refractivity contribution is 5.96. The first-order chi connectivity index (χ1) is 16.0.